The Hall–Kier alpha value is -1.85. The maximum Gasteiger partial charge on any atom is 0.137 e. The van der Waals surface area contributed by atoms with Gasteiger partial charge in [-0.15, -0.1) is 0 Å². The largest absolute Gasteiger partial charge is 0.492 e. The van der Waals surface area contributed by atoms with E-state index in [0.29, 0.717) is 6.61 Å². The molecule has 0 fully saturated rings. The first-order chi connectivity index (χ1) is 9.28. The third kappa shape index (κ3) is 3.13. The predicted molar refractivity (Wildman–Crippen MR) is 72.7 cm³/mol. The second-order valence-electron chi connectivity index (χ2n) is 4.14. The molecule has 0 bridgehead atoms. The minimum atomic E-state index is -0.229. The van der Waals surface area contributed by atoms with Gasteiger partial charge in [0.15, 0.2) is 0 Å². The quantitative estimate of drug-likeness (QED) is 0.616. The van der Waals surface area contributed by atoms with Gasteiger partial charge < -0.3 is 9.15 Å². The molecule has 2 heterocycles. The molecule has 0 amide bonds. The molecular weight excluding hydrogens is 242 g/mol. The third-order valence-electron chi connectivity index (χ3n) is 2.86. The van der Waals surface area contributed by atoms with Crippen molar-refractivity contribution >= 4 is 0 Å². The molecule has 2 aromatic heterocycles. The highest BCUT2D eigenvalue weighted by atomic mass is 16.5. The van der Waals surface area contributed by atoms with E-state index in [1.165, 1.54) is 0 Å². The summed E-state index contributed by atoms with van der Waals surface area (Å²) in [4.78, 5) is 4.16. The van der Waals surface area contributed by atoms with Crippen LogP contribution < -0.4 is 16.0 Å². The van der Waals surface area contributed by atoms with Crippen molar-refractivity contribution in [3.8, 4) is 5.75 Å². The molecule has 0 aliphatic carbocycles. The average molecular weight is 261 g/mol. The van der Waals surface area contributed by atoms with E-state index in [-0.39, 0.29) is 6.04 Å². The monoisotopic (exact) mass is 261 g/mol. The van der Waals surface area contributed by atoms with Crippen LogP contribution in [0.15, 0.2) is 35.0 Å². The van der Waals surface area contributed by atoms with Gasteiger partial charge in [0.25, 0.3) is 0 Å². The van der Waals surface area contributed by atoms with Gasteiger partial charge in [-0.2, -0.15) is 0 Å². The van der Waals surface area contributed by atoms with Crippen molar-refractivity contribution in [2.24, 2.45) is 5.84 Å². The van der Waals surface area contributed by atoms with Crippen LogP contribution in [-0.4, -0.2) is 11.6 Å². The first-order valence-corrected chi connectivity index (χ1v) is 6.41. The molecule has 102 valence electrons. The molecule has 0 saturated carbocycles. The number of nitrogens with zero attached hydrogens (tertiary/aromatic N) is 1. The van der Waals surface area contributed by atoms with Crippen molar-refractivity contribution in [1.29, 1.82) is 0 Å². The molecule has 5 nitrogen and oxygen atoms in total. The molecule has 1 atom stereocenters. The summed E-state index contributed by atoms with van der Waals surface area (Å²) in [5, 5.41) is 0. The van der Waals surface area contributed by atoms with Gasteiger partial charge in [-0.3, -0.25) is 10.8 Å². The van der Waals surface area contributed by atoms with E-state index >= 15 is 0 Å². The lowest BCUT2D eigenvalue weighted by Crippen LogP contribution is -2.28. The summed E-state index contributed by atoms with van der Waals surface area (Å²) in [6.07, 6.45) is 4.29. The van der Waals surface area contributed by atoms with E-state index in [1.807, 2.05) is 32.0 Å². The Morgan fingerprint density at radius 3 is 2.84 bits per heavy atom. The first-order valence-electron chi connectivity index (χ1n) is 6.41. The van der Waals surface area contributed by atoms with Gasteiger partial charge in [0, 0.05) is 12.6 Å². The van der Waals surface area contributed by atoms with Crippen LogP contribution >= 0.6 is 0 Å². The van der Waals surface area contributed by atoms with Crippen molar-refractivity contribution in [2.45, 2.75) is 26.3 Å². The maximum absolute atomic E-state index is 5.73. The standard InChI is InChI=1S/C14H19N3O2/c1-3-11-5-6-13(19-11)14(17-15)10-7-12(18-4-2)9-16-8-10/h5-9,14,17H,3-4,15H2,1-2H3. The molecular formula is C14H19N3O2. The zero-order valence-electron chi connectivity index (χ0n) is 11.2. The molecule has 1 unspecified atom stereocenters. The number of hydrogen-bond acceptors (Lipinski definition) is 5. The Morgan fingerprint density at radius 2 is 2.21 bits per heavy atom. The lowest BCUT2D eigenvalue weighted by Gasteiger charge is -2.14. The molecule has 0 aliphatic heterocycles. The Morgan fingerprint density at radius 1 is 1.37 bits per heavy atom. The third-order valence-corrected chi connectivity index (χ3v) is 2.86. The number of aryl methyl sites for hydroxylation is 1. The molecule has 5 heteroatoms. The fraction of sp³-hybridized carbons (Fsp3) is 0.357. The lowest BCUT2D eigenvalue weighted by molar-refractivity contribution is 0.337. The molecule has 3 N–H and O–H groups in total. The summed E-state index contributed by atoms with van der Waals surface area (Å²) in [7, 11) is 0. The molecule has 0 spiro atoms. The Kier molecular flexibility index (Phi) is 4.54. The van der Waals surface area contributed by atoms with Crippen molar-refractivity contribution in [2.75, 3.05) is 6.61 Å². The predicted octanol–water partition coefficient (Wildman–Crippen LogP) is 2.19. The number of hydrogen-bond donors (Lipinski definition) is 2. The second kappa shape index (κ2) is 6.36. The summed E-state index contributed by atoms with van der Waals surface area (Å²) in [5.74, 6) is 8.06. The maximum atomic E-state index is 5.73. The molecule has 19 heavy (non-hydrogen) atoms. The topological polar surface area (TPSA) is 73.3 Å². The van der Waals surface area contributed by atoms with Gasteiger partial charge in [0.2, 0.25) is 0 Å². The summed E-state index contributed by atoms with van der Waals surface area (Å²) < 4.78 is 11.2. The number of aromatic nitrogens is 1. The van der Waals surface area contributed by atoms with Crippen LogP contribution in [0.4, 0.5) is 0 Å². The van der Waals surface area contributed by atoms with Gasteiger partial charge >= 0.3 is 0 Å². The highest BCUT2D eigenvalue weighted by Gasteiger charge is 2.17. The number of furan rings is 1. The lowest BCUT2D eigenvalue weighted by atomic mass is 10.1. The Balaban J connectivity index is 2.28. The van der Waals surface area contributed by atoms with Gasteiger partial charge in [-0.25, -0.2) is 5.43 Å². The first kappa shape index (κ1) is 13.6. The van der Waals surface area contributed by atoms with Gasteiger partial charge in [0.05, 0.1) is 12.8 Å². The second-order valence-corrected chi connectivity index (χ2v) is 4.14. The Bertz CT molecular complexity index is 525. The normalized spacial score (nSPS) is 12.4. The van der Waals surface area contributed by atoms with E-state index in [9.17, 15) is 0 Å². The summed E-state index contributed by atoms with van der Waals surface area (Å²) in [5.41, 5.74) is 3.66. The minimum absolute atomic E-state index is 0.229. The van der Waals surface area contributed by atoms with Crippen LogP contribution in [0, 0.1) is 0 Å². The van der Waals surface area contributed by atoms with Crippen molar-refractivity contribution in [3.05, 3.63) is 47.7 Å². The fourth-order valence-electron chi connectivity index (χ4n) is 1.92. The minimum Gasteiger partial charge on any atom is -0.492 e. The SMILES string of the molecule is CCOc1cncc(C(NN)c2ccc(CC)o2)c1. The van der Waals surface area contributed by atoms with E-state index in [2.05, 4.69) is 10.4 Å². The summed E-state index contributed by atoms with van der Waals surface area (Å²) >= 11 is 0. The van der Waals surface area contributed by atoms with Gasteiger partial charge in [-0.05, 0) is 30.7 Å². The van der Waals surface area contributed by atoms with E-state index in [4.69, 9.17) is 15.0 Å². The molecule has 0 aliphatic rings. The average Bonchev–Trinajstić information content (AvgIpc) is 2.89. The van der Waals surface area contributed by atoms with Crippen molar-refractivity contribution in [3.63, 3.8) is 0 Å². The molecule has 0 saturated heterocycles. The highest BCUT2D eigenvalue weighted by Crippen LogP contribution is 2.25. The van der Waals surface area contributed by atoms with Crippen LogP contribution in [0.3, 0.4) is 0 Å². The molecule has 2 aromatic rings. The van der Waals surface area contributed by atoms with Crippen LogP contribution in [0.5, 0.6) is 5.75 Å². The fourth-order valence-corrected chi connectivity index (χ4v) is 1.92. The van der Waals surface area contributed by atoms with Crippen LogP contribution in [-0.2, 0) is 6.42 Å². The zero-order valence-corrected chi connectivity index (χ0v) is 11.2. The van der Waals surface area contributed by atoms with E-state index in [1.54, 1.807) is 12.4 Å². The number of nitrogens with two attached hydrogens (primary N) is 1. The van der Waals surface area contributed by atoms with Gasteiger partial charge in [0.1, 0.15) is 23.3 Å². The molecule has 2 rings (SSSR count). The number of rotatable bonds is 6. The number of hydrazine groups is 1. The Labute approximate surface area is 112 Å². The number of pyridine rings is 1. The highest BCUT2D eigenvalue weighted by molar-refractivity contribution is 5.30. The van der Waals surface area contributed by atoms with Crippen LogP contribution in [0.1, 0.15) is 37.0 Å². The van der Waals surface area contributed by atoms with Gasteiger partial charge in [-0.1, -0.05) is 6.92 Å². The van der Waals surface area contributed by atoms with Crippen molar-refractivity contribution < 1.29 is 9.15 Å². The van der Waals surface area contributed by atoms with E-state index < -0.39 is 0 Å². The summed E-state index contributed by atoms with van der Waals surface area (Å²) in [6, 6.07) is 5.57. The van der Waals surface area contributed by atoms with Crippen LogP contribution in [0.25, 0.3) is 0 Å². The smallest absolute Gasteiger partial charge is 0.137 e. The molecule has 0 aromatic carbocycles. The van der Waals surface area contributed by atoms with E-state index in [0.717, 1.165) is 29.3 Å². The van der Waals surface area contributed by atoms with Crippen molar-refractivity contribution in [1.82, 2.24) is 10.4 Å². The van der Waals surface area contributed by atoms with Crippen LogP contribution in [0.2, 0.25) is 0 Å². The number of ether oxygens (including phenoxy) is 1. The molecule has 0 radical (unpaired) electrons. The zero-order chi connectivity index (χ0) is 13.7. The number of nitrogens with one attached hydrogen (secondary N) is 1. The summed E-state index contributed by atoms with van der Waals surface area (Å²) in [6.45, 7) is 4.59.